The molecule has 0 amide bonds. The van der Waals surface area contributed by atoms with E-state index in [4.69, 9.17) is 12.0 Å². The van der Waals surface area contributed by atoms with E-state index in [-0.39, 0.29) is 0 Å². The van der Waals surface area contributed by atoms with Crippen LogP contribution in [0.15, 0.2) is 0 Å². The molecule has 0 rings (SSSR count). The number of hydrogen-bond acceptors (Lipinski definition) is 1. The summed E-state index contributed by atoms with van der Waals surface area (Å²) < 4.78 is 4.95. The van der Waals surface area contributed by atoms with Gasteiger partial charge in [0.15, 0.2) is 0 Å². The van der Waals surface area contributed by atoms with Gasteiger partial charge in [0.05, 0.1) is 0 Å². The molecule has 0 aromatic carbocycles. The van der Waals surface area contributed by atoms with Crippen LogP contribution in [0.5, 0.6) is 0 Å². The molecule has 0 aliphatic heterocycles. The van der Waals surface area contributed by atoms with Crippen LogP contribution in [0.3, 0.4) is 0 Å². The average Bonchev–Trinajstić information content (AvgIpc) is 2.03. The Labute approximate surface area is 73.2 Å². The summed E-state index contributed by atoms with van der Waals surface area (Å²) in [5.74, 6) is 0. The molecule has 0 atom stereocenters. The fraction of sp³-hybridized carbons (Fsp3) is 1.00. The van der Waals surface area contributed by atoms with Gasteiger partial charge in [0.1, 0.15) is 0 Å². The van der Waals surface area contributed by atoms with Gasteiger partial charge in [0, 0.05) is 0 Å². The zero-order valence-electron chi connectivity index (χ0n) is 6.73. The third kappa shape index (κ3) is 10.3. The van der Waals surface area contributed by atoms with Crippen LogP contribution in [0.25, 0.3) is 0 Å². The van der Waals surface area contributed by atoms with Crippen LogP contribution in [0, 0.1) is 0 Å². The third-order valence-corrected chi connectivity index (χ3v) is 0.897. The number of hydrogen-bond donors (Lipinski definition) is 0. The van der Waals surface area contributed by atoms with E-state index >= 15 is 0 Å². The molecular formula is C2H5B8O. The van der Waals surface area contributed by atoms with Gasteiger partial charge in [0.2, 0.25) is 0 Å². The minimum atomic E-state index is 0.705. The van der Waals surface area contributed by atoms with Crippen molar-refractivity contribution in [3.05, 3.63) is 0 Å². The fourth-order valence-corrected chi connectivity index (χ4v) is 0.454. The van der Waals surface area contributed by atoms with E-state index < -0.39 is 0 Å². The summed E-state index contributed by atoms with van der Waals surface area (Å²) in [4.78, 5) is 0. The molecule has 0 aliphatic carbocycles. The van der Waals surface area contributed by atoms with Gasteiger partial charge < -0.3 is 0 Å². The van der Waals surface area contributed by atoms with Gasteiger partial charge in [-0.05, 0) is 0 Å². The number of rotatable bonds is 5. The van der Waals surface area contributed by atoms with Crippen molar-refractivity contribution in [3.63, 3.8) is 0 Å². The molecular weight excluding hydrogens is 127 g/mol. The first-order chi connectivity index (χ1) is 5.41. The van der Waals surface area contributed by atoms with Gasteiger partial charge in [-0.2, -0.15) is 0 Å². The molecule has 11 heavy (non-hydrogen) atoms. The third-order valence-electron chi connectivity index (χ3n) is 0.897. The molecule has 0 aromatic rings. The van der Waals surface area contributed by atoms with Crippen molar-refractivity contribution in [2.75, 3.05) is 6.61 Å². The first-order valence-corrected chi connectivity index (χ1v) is 3.56. The van der Waals surface area contributed by atoms with Crippen molar-refractivity contribution >= 4 is 54.5 Å². The second kappa shape index (κ2) is 10.3. The van der Waals surface area contributed by atoms with E-state index in [9.17, 15) is 0 Å². The molecule has 0 saturated heterocycles. The monoisotopic (exact) mass is 133 g/mol. The molecule has 0 aliphatic rings. The summed E-state index contributed by atoms with van der Waals surface area (Å²) in [7, 11) is 6.75. The standard InChI is InChI=1S/C2H5B8O/c1-2-11-10-9-8-7-6-5-4-3/h2H2,1H3. The SMILES string of the molecule is [B]=BB=BB=BB=BOCC. The quantitative estimate of drug-likeness (QED) is 0.373. The van der Waals surface area contributed by atoms with Gasteiger partial charge in [-0.25, -0.2) is 0 Å². The first-order valence-electron chi connectivity index (χ1n) is 3.56. The molecule has 0 unspecified atom stereocenters. The van der Waals surface area contributed by atoms with Crippen LogP contribution in [0.1, 0.15) is 6.92 Å². The maximum atomic E-state index is 5.10. The summed E-state index contributed by atoms with van der Waals surface area (Å²) in [6.45, 7) is 13.3. The van der Waals surface area contributed by atoms with Crippen LogP contribution >= 0.6 is 0 Å². The second-order valence-electron chi connectivity index (χ2n) is 1.75. The van der Waals surface area contributed by atoms with Crippen LogP contribution in [0.4, 0.5) is 0 Å². The minimum absolute atomic E-state index is 0.705. The van der Waals surface area contributed by atoms with Crippen molar-refractivity contribution in [2.45, 2.75) is 6.92 Å². The molecule has 0 N–H and O–H groups in total. The Morgan fingerprint density at radius 1 is 1.09 bits per heavy atom. The molecule has 0 aromatic heterocycles. The predicted molar refractivity (Wildman–Crippen MR) is 57.7 cm³/mol. The van der Waals surface area contributed by atoms with Crippen LogP contribution < -0.4 is 0 Å². The molecule has 43 valence electrons. The second-order valence-corrected chi connectivity index (χ2v) is 1.75. The van der Waals surface area contributed by atoms with Crippen molar-refractivity contribution < 1.29 is 4.65 Å². The summed E-state index contributed by atoms with van der Waals surface area (Å²) >= 11 is 0. The van der Waals surface area contributed by atoms with E-state index in [0.29, 0.717) is 6.61 Å². The zero-order valence-corrected chi connectivity index (χ0v) is 6.73. The van der Waals surface area contributed by atoms with E-state index in [1.807, 2.05) is 33.7 Å². The Morgan fingerprint density at radius 3 is 2.36 bits per heavy atom. The van der Waals surface area contributed by atoms with Crippen molar-refractivity contribution in [3.8, 4) is 0 Å². The van der Waals surface area contributed by atoms with Crippen LogP contribution in [-0.4, -0.2) is 61.1 Å². The van der Waals surface area contributed by atoms with E-state index in [1.54, 1.807) is 13.7 Å². The first kappa shape index (κ1) is 11.3. The van der Waals surface area contributed by atoms with E-state index in [2.05, 4.69) is 0 Å². The van der Waals surface area contributed by atoms with Gasteiger partial charge in [-0.1, -0.05) is 0 Å². The molecule has 0 saturated carbocycles. The Hall–Kier alpha value is 0.319. The zero-order chi connectivity index (χ0) is 8.36. The predicted octanol–water partition coefficient (Wildman–Crippen LogP) is -2.56. The van der Waals surface area contributed by atoms with Crippen LogP contribution in [0.2, 0.25) is 0 Å². The van der Waals surface area contributed by atoms with Crippen molar-refractivity contribution in [1.82, 2.24) is 0 Å². The fourth-order valence-electron chi connectivity index (χ4n) is 0.454. The topological polar surface area (TPSA) is 9.23 Å². The molecule has 9 heteroatoms. The summed E-state index contributed by atoms with van der Waals surface area (Å²) in [6.07, 6.45) is 0. The molecule has 1 radical (unpaired) electrons. The van der Waals surface area contributed by atoms with E-state index in [1.165, 1.54) is 6.69 Å². The Kier molecular flexibility index (Phi) is 10.6. The van der Waals surface area contributed by atoms with Gasteiger partial charge >= 0.3 is 72.7 Å². The Balaban J connectivity index is 3.42. The van der Waals surface area contributed by atoms with Crippen molar-refractivity contribution in [1.29, 1.82) is 0 Å². The molecule has 1 nitrogen and oxygen atoms in total. The molecule has 0 spiro atoms. The van der Waals surface area contributed by atoms with Gasteiger partial charge in [-0.3, -0.25) is 0 Å². The van der Waals surface area contributed by atoms with Gasteiger partial charge in [0.25, 0.3) is 0 Å². The molecule has 0 bridgehead atoms. The summed E-state index contributed by atoms with van der Waals surface area (Å²) in [5, 5.41) is 0. The Morgan fingerprint density at radius 2 is 1.73 bits per heavy atom. The van der Waals surface area contributed by atoms with E-state index in [0.717, 1.165) is 0 Å². The average molecular weight is 132 g/mol. The van der Waals surface area contributed by atoms with Crippen LogP contribution in [-0.2, 0) is 4.65 Å². The summed E-state index contributed by atoms with van der Waals surface area (Å²) in [6, 6.07) is 0. The summed E-state index contributed by atoms with van der Waals surface area (Å²) in [5.41, 5.74) is 0. The maximum absolute atomic E-state index is 5.10. The normalized spacial score (nSPS) is 6.91. The molecule has 0 fully saturated rings. The Bertz CT molecular complexity index is 171. The van der Waals surface area contributed by atoms with Crippen molar-refractivity contribution in [2.24, 2.45) is 0 Å². The molecule has 0 heterocycles. The van der Waals surface area contributed by atoms with Gasteiger partial charge in [-0.15, -0.1) is 0 Å².